The summed E-state index contributed by atoms with van der Waals surface area (Å²) < 4.78 is 4.63. The van der Waals surface area contributed by atoms with Gasteiger partial charge in [0.15, 0.2) is 0 Å². The van der Waals surface area contributed by atoms with Crippen LogP contribution in [0.25, 0.3) is 6.08 Å². The van der Waals surface area contributed by atoms with E-state index >= 15 is 0 Å². The molecule has 1 saturated carbocycles. The highest BCUT2D eigenvalue weighted by atomic mass is 16.5. The first kappa shape index (κ1) is 18.7. The summed E-state index contributed by atoms with van der Waals surface area (Å²) in [5, 5.41) is 12.0. The summed E-state index contributed by atoms with van der Waals surface area (Å²) in [7, 11) is 1.32. The molecule has 1 amide bonds. The first-order valence-electron chi connectivity index (χ1n) is 8.38. The number of hydrogen-bond donors (Lipinski definition) is 2. The Morgan fingerprint density at radius 1 is 1.20 bits per heavy atom. The molecule has 25 heavy (non-hydrogen) atoms. The molecule has 0 bridgehead atoms. The molecule has 6 heteroatoms. The van der Waals surface area contributed by atoms with Crippen molar-refractivity contribution in [1.82, 2.24) is 5.32 Å². The molecule has 2 N–H and O–H groups in total. The maximum absolute atomic E-state index is 11.9. The number of methoxy groups -OCH3 is 1. The van der Waals surface area contributed by atoms with Crippen molar-refractivity contribution in [3.63, 3.8) is 0 Å². The number of aliphatic carboxylic acids is 1. The van der Waals surface area contributed by atoms with Gasteiger partial charge in [0, 0.05) is 12.6 Å². The molecule has 1 fully saturated rings. The standard InChI is InChI=1S/C19H23NO5/c1-25-19(24)14-9-6-13(7-10-14)8-11-17(21)20-12-15-4-2-3-5-16(15)18(22)23/h6-11,15-16H,2-5,12H2,1H3,(H,20,21)(H,22,23)/b11-8+/t15-,16-/m0/s1. The van der Waals surface area contributed by atoms with Crippen LogP contribution in [0.15, 0.2) is 30.3 Å². The molecule has 0 heterocycles. The Bertz CT molecular complexity index is 650. The fraction of sp³-hybridized carbons (Fsp3) is 0.421. The van der Waals surface area contributed by atoms with Gasteiger partial charge in [0.05, 0.1) is 18.6 Å². The molecule has 1 aromatic carbocycles. The number of amides is 1. The predicted octanol–water partition coefficient (Wildman–Crippen LogP) is 2.49. The summed E-state index contributed by atoms with van der Waals surface area (Å²) in [6.45, 7) is 0.376. The lowest BCUT2D eigenvalue weighted by Gasteiger charge is -2.28. The van der Waals surface area contributed by atoms with Crippen molar-refractivity contribution >= 4 is 23.9 Å². The lowest BCUT2D eigenvalue weighted by atomic mass is 9.79. The Morgan fingerprint density at radius 3 is 2.52 bits per heavy atom. The van der Waals surface area contributed by atoms with Crippen LogP contribution in [0.2, 0.25) is 0 Å². The molecule has 0 radical (unpaired) electrons. The third kappa shape index (κ3) is 5.45. The van der Waals surface area contributed by atoms with E-state index in [0.29, 0.717) is 18.5 Å². The molecule has 2 rings (SSSR count). The quantitative estimate of drug-likeness (QED) is 0.610. The smallest absolute Gasteiger partial charge is 0.337 e. The molecule has 134 valence electrons. The molecule has 0 unspecified atom stereocenters. The number of rotatable bonds is 6. The van der Waals surface area contributed by atoms with Crippen molar-refractivity contribution in [1.29, 1.82) is 0 Å². The molecule has 6 nitrogen and oxygen atoms in total. The summed E-state index contributed by atoms with van der Waals surface area (Å²) in [6.07, 6.45) is 6.50. The van der Waals surface area contributed by atoms with Crippen LogP contribution in [0.3, 0.4) is 0 Å². The zero-order chi connectivity index (χ0) is 18.2. The highest BCUT2D eigenvalue weighted by Crippen LogP contribution is 2.29. The van der Waals surface area contributed by atoms with Crippen LogP contribution in [-0.2, 0) is 14.3 Å². The predicted molar refractivity (Wildman–Crippen MR) is 92.9 cm³/mol. The lowest BCUT2D eigenvalue weighted by molar-refractivity contribution is -0.145. The largest absolute Gasteiger partial charge is 0.481 e. The van der Waals surface area contributed by atoms with E-state index in [4.69, 9.17) is 0 Å². The van der Waals surface area contributed by atoms with Crippen molar-refractivity contribution in [2.75, 3.05) is 13.7 Å². The van der Waals surface area contributed by atoms with Gasteiger partial charge in [0.2, 0.25) is 5.91 Å². The number of carbonyl (C=O) groups excluding carboxylic acids is 2. The van der Waals surface area contributed by atoms with Crippen LogP contribution >= 0.6 is 0 Å². The van der Waals surface area contributed by atoms with Gasteiger partial charge in [-0.2, -0.15) is 0 Å². The minimum absolute atomic E-state index is 0.0112. The minimum atomic E-state index is -0.778. The zero-order valence-electron chi connectivity index (χ0n) is 14.2. The average Bonchev–Trinajstić information content (AvgIpc) is 2.64. The van der Waals surface area contributed by atoms with Crippen LogP contribution in [0, 0.1) is 11.8 Å². The van der Waals surface area contributed by atoms with E-state index in [1.807, 2.05) is 0 Å². The number of benzene rings is 1. The molecule has 0 spiro atoms. The number of carboxylic acid groups (broad SMARTS) is 1. The van der Waals surface area contributed by atoms with Crippen molar-refractivity contribution in [3.8, 4) is 0 Å². The number of carboxylic acids is 1. The second kappa shape index (κ2) is 9.01. The van der Waals surface area contributed by atoms with E-state index in [1.165, 1.54) is 13.2 Å². The molecule has 0 aromatic heterocycles. The summed E-state index contributed by atoms with van der Waals surface area (Å²) >= 11 is 0. The van der Waals surface area contributed by atoms with Gasteiger partial charge in [-0.1, -0.05) is 25.0 Å². The molecular weight excluding hydrogens is 322 g/mol. The van der Waals surface area contributed by atoms with E-state index < -0.39 is 11.9 Å². The Kier molecular flexibility index (Phi) is 6.74. The van der Waals surface area contributed by atoms with E-state index in [1.54, 1.807) is 30.3 Å². The number of ether oxygens (including phenoxy) is 1. The van der Waals surface area contributed by atoms with Gasteiger partial charge in [0.25, 0.3) is 0 Å². The average molecular weight is 345 g/mol. The topological polar surface area (TPSA) is 92.7 Å². The van der Waals surface area contributed by atoms with Crippen LogP contribution < -0.4 is 5.32 Å². The fourth-order valence-electron chi connectivity index (χ4n) is 3.09. The van der Waals surface area contributed by atoms with Crippen molar-refractivity contribution in [2.24, 2.45) is 11.8 Å². The van der Waals surface area contributed by atoms with Crippen molar-refractivity contribution in [2.45, 2.75) is 25.7 Å². The van der Waals surface area contributed by atoms with E-state index in [9.17, 15) is 19.5 Å². The first-order chi connectivity index (χ1) is 12.0. The summed E-state index contributed by atoms with van der Waals surface area (Å²) in [5.74, 6) is -1.83. The number of hydrogen-bond acceptors (Lipinski definition) is 4. The fourth-order valence-corrected chi connectivity index (χ4v) is 3.09. The van der Waals surface area contributed by atoms with Crippen LogP contribution in [-0.4, -0.2) is 36.6 Å². The van der Waals surface area contributed by atoms with Crippen molar-refractivity contribution in [3.05, 3.63) is 41.5 Å². The van der Waals surface area contributed by atoms with Gasteiger partial charge >= 0.3 is 11.9 Å². The van der Waals surface area contributed by atoms with Gasteiger partial charge in [0.1, 0.15) is 0 Å². The van der Waals surface area contributed by atoms with E-state index in [0.717, 1.165) is 24.8 Å². The van der Waals surface area contributed by atoms with Crippen LogP contribution in [0.5, 0.6) is 0 Å². The number of nitrogens with one attached hydrogen (secondary N) is 1. The normalized spacial score (nSPS) is 20.2. The molecular formula is C19H23NO5. The second-order valence-corrected chi connectivity index (χ2v) is 6.18. The third-order valence-corrected chi connectivity index (χ3v) is 4.52. The second-order valence-electron chi connectivity index (χ2n) is 6.18. The van der Waals surface area contributed by atoms with Gasteiger partial charge in [-0.05, 0) is 42.5 Å². The molecule has 1 aliphatic carbocycles. The Morgan fingerprint density at radius 2 is 1.88 bits per heavy atom. The minimum Gasteiger partial charge on any atom is -0.481 e. The number of esters is 1. The van der Waals surface area contributed by atoms with Gasteiger partial charge in [-0.25, -0.2) is 4.79 Å². The third-order valence-electron chi connectivity index (χ3n) is 4.52. The summed E-state index contributed by atoms with van der Waals surface area (Å²) in [4.78, 5) is 34.5. The highest BCUT2D eigenvalue weighted by Gasteiger charge is 2.30. The lowest BCUT2D eigenvalue weighted by Crippen LogP contribution is -2.36. The maximum Gasteiger partial charge on any atom is 0.337 e. The highest BCUT2D eigenvalue weighted by molar-refractivity contribution is 5.92. The monoisotopic (exact) mass is 345 g/mol. The van der Waals surface area contributed by atoms with E-state index in [2.05, 4.69) is 10.1 Å². The number of carbonyl (C=O) groups is 3. The van der Waals surface area contributed by atoms with Gasteiger partial charge in [-0.3, -0.25) is 9.59 Å². The molecule has 2 atom stereocenters. The van der Waals surface area contributed by atoms with Crippen molar-refractivity contribution < 1.29 is 24.2 Å². The molecule has 0 aliphatic heterocycles. The Hall–Kier alpha value is -2.63. The van der Waals surface area contributed by atoms with Gasteiger partial charge < -0.3 is 15.2 Å². The Balaban J connectivity index is 1.86. The van der Waals surface area contributed by atoms with Crippen LogP contribution in [0.1, 0.15) is 41.6 Å². The maximum atomic E-state index is 11.9. The summed E-state index contributed by atoms with van der Waals surface area (Å²) in [5.41, 5.74) is 1.23. The molecule has 0 saturated heterocycles. The first-order valence-corrected chi connectivity index (χ1v) is 8.38. The zero-order valence-corrected chi connectivity index (χ0v) is 14.2. The SMILES string of the molecule is COC(=O)c1ccc(/C=C/C(=O)NC[C@@H]2CCCC[C@@H]2C(=O)O)cc1. The summed E-state index contributed by atoms with van der Waals surface area (Å²) in [6, 6.07) is 6.70. The van der Waals surface area contributed by atoms with E-state index in [-0.39, 0.29) is 17.7 Å². The Labute approximate surface area is 146 Å². The van der Waals surface area contributed by atoms with Gasteiger partial charge in [-0.15, -0.1) is 0 Å². The molecule has 1 aliphatic rings. The molecule has 1 aromatic rings. The van der Waals surface area contributed by atoms with Crippen LogP contribution in [0.4, 0.5) is 0 Å².